The number of rotatable bonds is 6. The first-order valence-corrected chi connectivity index (χ1v) is 11.5. The van der Waals surface area contributed by atoms with Crippen molar-refractivity contribution in [3.63, 3.8) is 0 Å². The SMILES string of the molecule is Cc1cc(OCC(=O)N2CCC[C@H]2c2cccc(Nc3nccs3)n2)c2ccccc2n1. The fourth-order valence-corrected chi connectivity index (χ4v) is 4.62. The van der Waals surface area contributed by atoms with Crippen LogP contribution in [0, 0.1) is 6.92 Å². The third-order valence-corrected chi connectivity index (χ3v) is 6.20. The lowest BCUT2D eigenvalue weighted by Gasteiger charge is -2.25. The van der Waals surface area contributed by atoms with Crippen LogP contribution in [0.2, 0.25) is 0 Å². The number of hydrogen-bond acceptors (Lipinski definition) is 7. The second kappa shape index (κ2) is 8.92. The maximum Gasteiger partial charge on any atom is 0.261 e. The van der Waals surface area contributed by atoms with Gasteiger partial charge in [0, 0.05) is 35.3 Å². The molecule has 4 aromatic rings. The van der Waals surface area contributed by atoms with Gasteiger partial charge in [0.2, 0.25) is 0 Å². The molecule has 0 aliphatic carbocycles. The summed E-state index contributed by atoms with van der Waals surface area (Å²) in [5, 5.41) is 6.84. The van der Waals surface area contributed by atoms with E-state index in [1.54, 1.807) is 6.20 Å². The minimum Gasteiger partial charge on any atom is -0.483 e. The molecule has 1 atom stereocenters. The van der Waals surface area contributed by atoms with Crippen molar-refractivity contribution in [2.75, 3.05) is 18.5 Å². The normalized spacial score (nSPS) is 15.8. The number of nitrogens with one attached hydrogen (secondary N) is 1. The van der Waals surface area contributed by atoms with Crippen LogP contribution in [0.25, 0.3) is 10.9 Å². The number of pyridine rings is 2. The minimum absolute atomic E-state index is 0.0129. The zero-order valence-corrected chi connectivity index (χ0v) is 18.5. The van der Waals surface area contributed by atoms with E-state index in [9.17, 15) is 4.79 Å². The van der Waals surface area contributed by atoms with Crippen molar-refractivity contribution in [2.45, 2.75) is 25.8 Å². The Kier molecular flexibility index (Phi) is 5.68. The van der Waals surface area contributed by atoms with Gasteiger partial charge in [0.15, 0.2) is 11.7 Å². The van der Waals surface area contributed by atoms with Crippen molar-refractivity contribution in [3.8, 4) is 5.75 Å². The van der Waals surface area contributed by atoms with E-state index in [1.807, 2.05) is 65.7 Å². The molecule has 1 amide bonds. The lowest BCUT2D eigenvalue weighted by molar-refractivity contribution is -0.134. The molecule has 1 N–H and O–H groups in total. The van der Waals surface area contributed by atoms with Crippen LogP contribution in [0.4, 0.5) is 10.9 Å². The minimum atomic E-state index is -0.0555. The maximum atomic E-state index is 13.1. The lowest BCUT2D eigenvalue weighted by Crippen LogP contribution is -2.34. The van der Waals surface area contributed by atoms with Gasteiger partial charge >= 0.3 is 0 Å². The molecule has 1 aromatic carbocycles. The third-order valence-electron chi connectivity index (χ3n) is 5.51. The second-order valence-corrected chi connectivity index (χ2v) is 8.62. The summed E-state index contributed by atoms with van der Waals surface area (Å²) >= 11 is 1.52. The summed E-state index contributed by atoms with van der Waals surface area (Å²) in [4.78, 5) is 28.5. The van der Waals surface area contributed by atoms with Crippen molar-refractivity contribution in [1.29, 1.82) is 0 Å². The number of thiazole rings is 1. The van der Waals surface area contributed by atoms with E-state index in [2.05, 4.69) is 15.3 Å². The van der Waals surface area contributed by atoms with Crippen molar-refractivity contribution >= 4 is 39.1 Å². The first-order chi connectivity index (χ1) is 15.7. The Bertz CT molecular complexity index is 1240. The summed E-state index contributed by atoms with van der Waals surface area (Å²) in [6, 6.07) is 15.5. The summed E-state index contributed by atoms with van der Waals surface area (Å²) in [5.74, 6) is 1.38. The summed E-state index contributed by atoms with van der Waals surface area (Å²) in [6.45, 7) is 2.62. The molecule has 1 fully saturated rings. The van der Waals surface area contributed by atoms with E-state index in [1.165, 1.54) is 11.3 Å². The molecule has 0 bridgehead atoms. The largest absolute Gasteiger partial charge is 0.483 e. The Hall–Kier alpha value is -3.52. The Morgan fingerprint density at radius 2 is 2.12 bits per heavy atom. The summed E-state index contributed by atoms with van der Waals surface area (Å²) < 4.78 is 5.98. The molecular formula is C24H23N5O2S. The number of hydrogen-bond donors (Lipinski definition) is 1. The van der Waals surface area contributed by atoms with Crippen LogP contribution in [-0.4, -0.2) is 38.9 Å². The highest BCUT2D eigenvalue weighted by atomic mass is 32.1. The molecule has 3 aromatic heterocycles. The van der Waals surface area contributed by atoms with Gasteiger partial charge in [0.05, 0.1) is 17.3 Å². The highest BCUT2D eigenvalue weighted by Crippen LogP contribution is 2.32. The van der Waals surface area contributed by atoms with Crippen LogP contribution >= 0.6 is 11.3 Å². The van der Waals surface area contributed by atoms with Crippen LogP contribution in [0.15, 0.2) is 60.1 Å². The van der Waals surface area contributed by atoms with Crippen LogP contribution < -0.4 is 10.1 Å². The van der Waals surface area contributed by atoms with Gasteiger partial charge in [-0.2, -0.15) is 0 Å². The number of carbonyl (C=O) groups is 1. The molecule has 1 saturated heterocycles. The van der Waals surface area contributed by atoms with Crippen LogP contribution in [-0.2, 0) is 4.79 Å². The fourth-order valence-electron chi connectivity index (χ4n) is 4.09. The number of likely N-dealkylation sites (tertiary alicyclic amines) is 1. The molecule has 5 rings (SSSR count). The molecule has 1 aliphatic heterocycles. The molecule has 0 saturated carbocycles. The van der Waals surface area contributed by atoms with Gasteiger partial charge in [-0.3, -0.25) is 9.78 Å². The number of para-hydroxylation sites is 1. The van der Waals surface area contributed by atoms with Gasteiger partial charge in [-0.25, -0.2) is 9.97 Å². The number of nitrogens with zero attached hydrogens (tertiary/aromatic N) is 4. The fraction of sp³-hybridized carbons (Fsp3) is 0.250. The van der Waals surface area contributed by atoms with Crippen molar-refractivity contribution < 1.29 is 9.53 Å². The van der Waals surface area contributed by atoms with Gasteiger partial charge in [-0.05, 0) is 44.0 Å². The second-order valence-electron chi connectivity index (χ2n) is 7.72. The zero-order valence-electron chi connectivity index (χ0n) is 17.7. The van der Waals surface area contributed by atoms with Crippen molar-refractivity contribution in [2.24, 2.45) is 0 Å². The molecule has 162 valence electrons. The molecule has 0 radical (unpaired) electrons. The average Bonchev–Trinajstić information content (AvgIpc) is 3.49. The summed E-state index contributed by atoms with van der Waals surface area (Å²) in [5.41, 5.74) is 2.60. The van der Waals surface area contributed by atoms with E-state index in [-0.39, 0.29) is 18.6 Å². The zero-order chi connectivity index (χ0) is 21.9. The molecule has 0 spiro atoms. The molecule has 8 heteroatoms. The highest BCUT2D eigenvalue weighted by molar-refractivity contribution is 7.13. The Morgan fingerprint density at radius 1 is 1.22 bits per heavy atom. The standard InChI is InChI=1S/C24H23N5O2S/c1-16-14-21(17-6-2-3-7-18(17)26-16)31-15-23(30)29-12-5-9-20(29)19-8-4-10-22(27-19)28-24-25-11-13-32-24/h2-4,6-8,10-11,13-14,20H,5,9,12,15H2,1H3,(H,25,27,28)/t20-/m0/s1. The predicted molar refractivity (Wildman–Crippen MR) is 125 cm³/mol. The van der Waals surface area contributed by atoms with Gasteiger partial charge in [0.1, 0.15) is 11.6 Å². The van der Waals surface area contributed by atoms with E-state index in [4.69, 9.17) is 9.72 Å². The molecule has 7 nitrogen and oxygen atoms in total. The lowest BCUT2D eigenvalue weighted by atomic mass is 10.1. The number of ether oxygens (including phenoxy) is 1. The number of fused-ring (bicyclic) bond motifs is 1. The first kappa shape index (κ1) is 20.4. The molecule has 4 heterocycles. The smallest absolute Gasteiger partial charge is 0.261 e. The van der Waals surface area contributed by atoms with Crippen molar-refractivity contribution in [1.82, 2.24) is 19.9 Å². The molecule has 1 aliphatic rings. The van der Waals surface area contributed by atoms with E-state index in [0.29, 0.717) is 12.3 Å². The van der Waals surface area contributed by atoms with Gasteiger partial charge in [-0.1, -0.05) is 18.2 Å². The van der Waals surface area contributed by atoms with Crippen molar-refractivity contribution in [3.05, 3.63) is 71.5 Å². The van der Waals surface area contributed by atoms with E-state index < -0.39 is 0 Å². The summed E-state index contributed by atoms with van der Waals surface area (Å²) in [7, 11) is 0. The number of anilines is 2. The van der Waals surface area contributed by atoms with Gasteiger partial charge < -0.3 is 15.0 Å². The predicted octanol–water partition coefficient (Wildman–Crippen LogP) is 4.88. The van der Waals surface area contributed by atoms with Gasteiger partial charge in [0.25, 0.3) is 5.91 Å². The number of aryl methyl sites for hydroxylation is 1. The molecule has 0 unspecified atom stereocenters. The number of benzene rings is 1. The van der Waals surface area contributed by atoms with E-state index >= 15 is 0 Å². The van der Waals surface area contributed by atoms with Crippen LogP contribution in [0.3, 0.4) is 0 Å². The Balaban J connectivity index is 1.30. The number of amides is 1. The Morgan fingerprint density at radius 3 is 3.00 bits per heavy atom. The first-order valence-electron chi connectivity index (χ1n) is 10.6. The monoisotopic (exact) mass is 445 g/mol. The van der Waals surface area contributed by atoms with Crippen LogP contribution in [0.5, 0.6) is 5.75 Å². The maximum absolute atomic E-state index is 13.1. The average molecular weight is 446 g/mol. The van der Waals surface area contributed by atoms with Crippen LogP contribution in [0.1, 0.15) is 30.3 Å². The quantitative estimate of drug-likeness (QED) is 0.456. The number of aromatic nitrogens is 3. The Labute approximate surface area is 190 Å². The third kappa shape index (κ3) is 4.27. The highest BCUT2D eigenvalue weighted by Gasteiger charge is 2.31. The van der Waals surface area contributed by atoms with E-state index in [0.717, 1.165) is 46.1 Å². The van der Waals surface area contributed by atoms with Gasteiger partial charge in [-0.15, -0.1) is 11.3 Å². The summed E-state index contributed by atoms with van der Waals surface area (Å²) in [6.07, 6.45) is 3.58. The topological polar surface area (TPSA) is 80.2 Å². The molecular weight excluding hydrogens is 422 g/mol. The molecule has 32 heavy (non-hydrogen) atoms. The number of carbonyl (C=O) groups excluding carboxylic acids is 1.